The van der Waals surface area contributed by atoms with Crippen LogP contribution in [-0.4, -0.2) is 6.03 Å². The Morgan fingerprint density at radius 3 is 1.32 bits per heavy atom. The van der Waals surface area contributed by atoms with E-state index in [-0.39, 0.29) is 6.03 Å². The molecule has 0 spiro atoms. The first-order valence-electron chi connectivity index (χ1n) is 11.7. The van der Waals surface area contributed by atoms with Gasteiger partial charge in [0.2, 0.25) is 0 Å². The van der Waals surface area contributed by atoms with Gasteiger partial charge in [-0.1, -0.05) is 127 Å². The van der Waals surface area contributed by atoms with Crippen LogP contribution in [0.2, 0.25) is 5.02 Å². The molecule has 0 aliphatic rings. The van der Waals surface area contributed by atoms with Crippen LogP contribution in [0.15, 0.2) is 146 Å². The van der Waals surface area contributed by atoms with Gasteiger partial charge in [0.05, 0.1) is 0 Å². The second kappa shape index (κ2) is 12.7. The summed E-state index contributed by atoms with van der Waals surface area (Å²) in [5, 5.41) is 8.62. The van der Waals surface area contributed by atoms with E-state index in [4.69, 9.17) is 11.6 Å². The van der Waals surface area contributed by atoms with E-state index >= 15 is 0 Å². The van der Waals surface area contributed by atoms with Crippen LogP contribution in [0.5, 0.6) is 0 Å². The number of hydrogen-bond acceptors (Lipinski definition) is 2. The van der Waals surface area contributed by atoms with E-state index in [9.17, 15) is 9.36 Å². The van der Waals surface area contributed by atoms with Crippen LogP contribution in [0.1, 0.15) is 0 Å². The van der Waals surface area contributed by atoms with Crippen molar-refractivity contribution in [2.24, 2.45) is 0 Å². The summed E-state index contributed by atoms with van der Waals surface area (Å²) >= 11 is 5.82. The largest absolute Gasteiger partial charge is 0.323 e. The van der Waals surface area contributed by atoms with Crippen molar-refractivity contribution in [2.75, 3.05) is 10.6 Å². The fourth-order valence-corrected chi connectivity index (χ4v) is 6.60. The monoisotopic (exact) mass is 524 g/mol. The molecule has 0 atom stereocenters. The smallest absolute Gasteiger partial charge is 0.309 e. The number of rotatable bonds is 5. The first-order chi connectivity index (χ1) is 18.1. The van der Waals surface area contributed by atoms with Crippen LogP contribution >= 0.6 is 18.7 Å². The molecule has 0 bridgehead atoms. The molecule has 0 aromatic heterocycles. The van der Waals surface area contributed by atoms with Gasteiger partial charge in [0.1, 0.15) is 0 Å². The normalized spacial score (nSPS) is 10.5. The lowest BCUT2D eigenvalue weighted by Crippen LogP contribution is -2.24. The van der Waals surface area contributed by atoms with Gasteiger partial charge in [-0.2, -0.15) is 0 Å². The van der Waals surface area contributed by atoms with Crippen molar-refractivity contribution in [3.8, 4) is 0 Å². The molecule has 0 radical (unpaired) electrons. The zero-order valence-electron chi connectivity index (χ0n) is 20.0. The first kappa shape index (κ1) is 26.0. The van der Waals surface area contributed by atoms with Crippen molar-refractivity contribution in [2.45, 2.75) is 0 Å². The molecule has 2 N–H and O–H groups in total. The predicted molar refractivity (Wildman–Crippen MR) is 156 cm³/mol. The Morgan fingerprint density at radius 2 is 0.892 bits per heavy atom. The summed E-state index contributed by atoms with van der Waals surface area (Å²) in [6.07, 6.45) is 0. The van der Waals surface area contributed by atoms with Gasteiger partial charge in [-0.25, -0.2) is 4.79 Å². The zero-order chi connectivity index (χ0) is 25.9. The highest BCUT2D eigenvalue weighted by molar-refractivity contribution is 7.85. The van der Waals surface area contributed by atoms with E-state index in [1.54, 1.807) is 24.3 Å². The Balaban J connectivity index is 0.000000176. The quantitative estimate of drug-likeness (QED) is 0.237. The molecule has 0 saturated heterocycles. The zero-order valence-corrected chi connectivity index (χ0v) is 21.6. The molecule has 0 aliphatic carbocycles. The molecule has 0 unspecified atom stereocenters. The van der Waals surface area contributed by atoms with Crippen LogP contribution < -0.4 is 26.5 Å². The molecule has 5 aromatic carbocycles. The maximum Gasteiger partial charge on any atom is 0.323 e. The maximum absolute atomic E-state index is 13.8. The maximum atomic E-state index is 13.8. The standard InChI is InChI=1S/C18H15OP.C13H11ClN2O/c19-20(16-10-4-1-5-11-16,17-12-6-2-7-13-17)18-14-8-3-9-15-18;14-10-5-4-8-12(9-10)16-13(17)15-11-6-2-1-3-7-11/h1-15H;1-9H,(H2,15,16,17). The molecule has 5 aromatic rings. The van der Waals surface area contributed by atoms with E-state index in [1.165, 1.54) is 0 Å². The number of amides is 2. The number of benzene rings is 5. The summed E-state index contributed by atoms with van der Waals surface area (Å²) in [6, 6.07) is 45.1. The Hall–Kier alpha value is -4.11. The van der Waals surface area contributed by atoms with E-state index in [0.29, 0.717) is 10.7 Å². The molecule has 37 heavy (non-hydrogen) atoms. The number of halogens is 1. The van der Waals surface area contributed by atoms with Gasteiger partial charge in [0.15, 0.2) is 7.14 Å². The molecule has 5 rings (SSSR count). The number of carbonyl (C=O) groups is 1. The third-order valence-electron chi connectivity index (χ3n) is 5.47. The second-order valence-electron chi connectivity index (χ2n) is 8.07. The van der Waals surface area contributed by atoms with Crippen molar-refractivity contribution in [1.82, 2.24) is 0 Å². The summed E-state index contributed by atoms with van der Waals surface area (Å²) < 4.78 is 13.8. The van der Waals surface area contributed by atoms with E-state index in [1.807, 2.05) is 121 Å². The number of hydrogen-bond donors (Lipinski definition) is 2. The molecule has 184 valence electrons. The highest BCUT2D eigenvalue weighted by Gasteiger charge is 2.28. The summed E-state index contributed by atoms with van der Waals surface area (Å²) in [5.74, 6) is 0. The molecule has 0 heterocycles. The lowest BCUT2D eigenvalue weighted by Gasteiger charge is -2.19. The van der Waals surface area contributed by atoms with Crippen molar-refractivity contribution in [3.63, 3.8) is 0 Å². The average Bonchev–Trinajstić information content (AvgIpc) is 2.95. The first-order valence-corrected chi connectivity index (χ1v) is 13.8. The van der Waals surface area contributed by atoms with Crippen LogP contribution in [0.3, 0.4) is 0 Å². The molecular formula is C31H26ClN2O2P. The predicted octanol–water partition coefficient (Wildman–Crippen LogP) is 7.31. The topological polar surface area (TPSA) is 58.2 Å². The highest BCUT2D eigenvalue weighted by Crippen LogP contribution is 2.41. The van der Waals surface area contributed by atoms with Crippen molar-refractivity contribution < 1.29 is 9.36 Å². The van der Waals surface area contributed by atoms with Crippen LogP contribution in [0, 0.1) is 0 Å². The van der Waals surface area contributed by atoms with Gasteiger partial charge >= 0.3 is 6.03 Å². The minimum Gasteiger partial charge on any atom is -0.309 e. The lowest BCUT2D eigenvalue weighted by atomic mass is 10.3. The number of urea groups is 1. The van der Waals surface area contributed by atoms with E-state index in [0.717, 1.165) is 21.6 Å². The minimum atomic E-state index is -2.78. The fraction of sp³-hybridized carbons (Fsp3) is 0. The van der Waals surface area contributed by atoms with Gasteiger partial charge in [0.25, 0.3) is 0 Å². The fourth-order valence-electron chi connectivity index (χ4n) is 3.74. The lowest BCUT2D eigenvalue weighted by molar-refractivity contribution is 0.262. The summed E-state index contributed by atoms with van der Waals surface area (Å²) in [7, 11) is -2.78. The third-order valence-corrected chi connectivity index (χ3v) is 8.78. The third kappa shape index (κ3) is 6.98. The molecule has 0 saturated carbocycles. The number of para-hydroxylation sites is 1. The van der Waals surface area contributed by atoms with Gasteiger partial charge in [-0.3, -0.25) is 0 Å². The minimum absolute atomic E-state index is 0.293. The van der Waals surface area contributed by atoms with Crippen LogP contribution in [0.25, 0.3) is 0 Å². The van der Waals surface area contributed by atoms with Gasteiger partial charge in [0, 0.05) is 32.3 Å². The number of nitrogens with one attached hydrogen (secondary N) is 2. The summed E-state index contributed by atoms with van der Waals surface area (Å²) in [4.78, 5) is 11.6. The summed E-state index contributed by atoms with van der Waals surface area (Å²) in [6.45, 7) is 0. The van der Waals surface area contributed by atoms with Gasteiger partial charge in [-0.05, 0) is 30.3 Å². The molecular weight excluding hydrogens is 499 g/mol. The second-order valence-corrected chi connectivity index (χ2v) is 11.3. The van der Waals surface area contributed by atoms with E-state index in [2.05, 4.69) is 10.6 Å². The highest BCUT2D eigenvalue weighted by atomic mass is 35.5. The molecule has 6 heteroatoms. The Morgan fingerprint density at radius 1 is 0.514 bits per heavy atom. The average molecular weight is 525 g/mol. The molecule has 4 nitrogen and oxygen atoms in total. The van der Waals surface area contributed by atoms with Crippen molar-refractivity contribution >= 4 is 52.1 Å². The van der Waals surface area contributed by atoms with Crippen molar-refractivity contribution in [3.05, 3.63) is 151 Å². The Labute approximate surface area is 222 Å². The molecule has 0 fully saturated rings. The van der Waals surface area contributed by atoms with E-state index < -0.39 is 7.14 Å². The summed E-state index contributed by atoms with van der Waals surface area (Å²) in [5.41, 5.74) is 1.40. The molecule has 0 aliphatic heterocycles. The number of anilines is 2. The van der Waals surface area contributed by atoms with Crippen LogP contribution in [0.4, 0.5) is 16.2 Å². The molecule has 2 amide bonds. The van der Waals surface area contributed by atoms with Crippen LogP contribution in [-0.2, 0) is 4.57 Å². The Kier molecular flexibility index (Phi) is 8.93. The Bertz CT molecular complexity index is 1360. The van der Waals surface area contributed by atoms with Gasteiger partial charge < -0.3 is 15.2 Å². The van der Waals surface area contributed by atoms with Gasteiger partial charge in [-0.15, -0.1) is 0 Å². The number of carbonyl (C=O) groups excluding carboxylic acids is 1. The SMILES string of the molecule is O=C(Nc1ccccc1)Nc1cccc(Cl)c1.O=P(c1ccccc1)(c1ccccc1)c1ccccc1. The van der Waals surface area contributed by atoms with Crippen molar-refractivity contribution in [1.29, 1.82) is 0 Å².